The molecule has 33 heavy (non-hydrogen) atoms. The van der Waals surface area contributed by atoms with Crippen LogP contribution in [0, 0.1) is 0 Å². The molecule has 0 radical (unpaired) electrons. The van der Waals surface area contributed by atoms with Gasteiger partial charge in [0.15, 0.2) is 0 Å². The van der Waals surface area contributed by atoms with Crippen molar-refractivity contribution in [2.45, 2.75) is 24.5 Å². The molecule has 0 saturated carbocycles. The van der Waals surface area contributed by atoms with Gasteiger partial charge in [0.05, 0.1) is 12.5 Å². The summed E-state index contributed by atoms with van der Waals surface area (Å²) in [6.45, 7) is 1.38. The number of amides is 1. The molecule has 166 valence electrons. The van der Waals surface area contributed by atoms with Gasteiger partial charge in [0.25, 0.3) is 0 Å². The number of carbonyl (C=O) groups excluding carboxylic acids is 1. The van der Waals surface area contributed by atoms with E-state index in [0.717, 1.165) is 13.0 Å². The normalized spacial score (nSPS) is 21.3. The largest absolute Gasteiger partial charge is 0.453 e. The number of aryl methyl sites for hydroxylation is 1. The van der Waals surface area contributed by atoms with E-state index in [4.69, 9.17) is 4.74 Å². The standard InChI is InChI=1S/C28H27N3O2/c1-29-19-23(21-12-6-8-14-24(21)29)28-16-17-30(27(32)33-2)26(28)31(18-20-10-4-3-5-11-20)25-15-9-7-13-22(25)28/h3-15,19,26H,16-18H2,1-2H3/t26-,28+/m1/s1. The first-order valence-corrected chi connectivity index (χ1v) is 11.4. The number of benzene rings is 3. The molecule has 1 aromatic heterocycles. The van der Waals surface area contributed by atoms with Crippen LogP contribution in [0.25, 0.3) is 10.9 Å². The minimum atomic E-state index is -0.333. The molecular weight excluding hydrogens is 410 g/mol. The molecule has 2 atom stereocenters. The van der Waals surface area contributed by atoms with Crippen LogP contribution >= 0.6 is 0 Å². The molecule has 1 amide bonds. The molecule has 4 aromatic rings. The Morgan fingerprint density at radius 2 is 1.70 bits per heavy atom. The number of fused-ring (bicyclic) bond motifs is 4. The van der Waals surface area contributed by atoms with E-state index in [2.05, 4.69) is 95.5 Å². The molecule has 5 nitrogen and oxygen atoms in total. The average molecular weight is 438 g/mol. The van der Waals surface area contributed by atoms with Gasteiger partial charge in [0.1, 0.15) is 6.17 Å². The Morgan fingerprint density at radius 1 is 0.970 bits per heavy atom. The first-order chi connectivity index (χ1) is 16.1. The summed E-state index contributed by atoms with van der Waals surface area (Å²) in [6, 6.07) is 27.7. The van der Waals surface area contributed by atoms with E-state index in [1.54, 1.807) is 0 Å². The highest BCUT2D eigenvalue weighted by molar-refractivity contribution is 5.88. The van der Waals surface area contributed by atoms with Crippen LogP contribution < -0.4 is 4.90 Å². The van der Waals surface area contributed by atoms with Gasteiger partial charge in [0, 0.05) is 42.9 Å². The summed E-state index contributed by atoms with van der Waals surface area (Å²) in [6.07, 6.45) is 2.69. The van der Waals surface area contributed by atoms with Gasteiger partial charge in [-0.15, -0.1) is 0 Å². The third-order valence-corrected chi connectivity index (χ3v) is 7.45. The molecule has 1 fully saturated rings. The molecule has 0 bridgehead atoms. The summed E-state index contributed by atoms with van der Waals surface area (Å²) in [5.74, 6) is 0. The van der Waals surface area contributed by atoms with E-state index in [0.29, 0.717) is 6.54 Å². The molecule has 2 aliphatic rings. The van der Waals surface area contributed by atoms with Crippen molar-refractivity contribution in [2.24, 2.45) is 7.05 Å². The fourth-order valence-electron chi connectivity index (χ4n) is 6.13. The third kappa shape index (κ3) is 2.75. The van der Waals surface area contributed by atoms with Crippen LogP contribution in [-0.2, 0) is 23.7 Å². The van der Waals surface area contributed by atoms with Crippen molar-refractivity contribution in [1.82, 2.24) is 9.47 Å². The highest BCUT2D eigenvalue weighted by Crippen LogP contribution is 2.57. The summed E-state index contributed by atoms with van der Waals surface area (Å²) < 4.78 is 7.48. The molecule has 6 rings (SSSR count). The quantitative estimate of drug-likeness (QED) is 0.438. The van der Waals surface area contributed by atoms with E-state index in [1.165, 1.54) is 40.4 Å². The topological polar surface area (TPSA) is 37.7 Å². The van der Waals surface area contributed by atoms with Crippen molar-refractivity contribution < 1.29 is 9.53 Å². The lowest BCUT2D eigenvalue weighted by atomic mass is 9.73. The van der Waals surface area contributed by atoms with Crippen LogP contribution in [0.3, 0.4) is 0 Å². The Labute approximate surface area is 193 Å². The second-order valence-electron chi connectivity index (χ2n) is 9.06. The smallest absolute Gasteiger partial charge is 0.411 e. The predicted molar refractivity (Wildman–Crippen MR) is 130 cm³/mol. The van der Waals surface area contributed by atoms with Crippen molar-refractivity contribution in [3.05, 3.63) is 102 Å². The van der Waals surface area contributed by atoms with Crippen molar-refractivity contribution in [3.63, 3.8) is 0 Å². The Bertz CT molecular complexity index is 1350. The van der Waals surface area contributed by atoms with E-state index in [-0.39, 0.29) is 17.7 Å². The van der Waals surface area contributed by atoms with Gasteiger partial charge in [-0.3, -0.25) is 4.90 Å². The van der Waals surface area contributed by atoms with E-state index >= 15 is 0 Å². The van der Waals surface area contributed by atoms with Gasteiger partial charge in [-0.05, 0) is 35.2 Å². The van der Waals surface area contributed by atoms with Gasteiger partial charge in [-0.25, -0.2) is 4.79 Å². The minimum Gasteiger partial charge on any atom is -0.453 e. The third-order valence-electron chi connectivity index (χ3n) is 7.45. The number of carbonyl (C=O) groups is 1. The Kier molecular flexibility index (Phi) is 4.47. The lowest BCUT2D eigenvalue weighted by molar-refractivity contribution is 0.114. The molecule has 0 N–H and O–H groups in total. The number of aromatic nitrogens is 1. The molecule has 0 aliphatic carbocycles. The molecule has 0 unspecified atom stereocenters. The predicted octanol–water partition coefficient (Wildman–Crippen LogP) is 5.28. The van der Waals surface area contributed by atoms with Crippen LogP contribution in [0.2, 0.25) is 0 Å². The lowest BCUT2D eigenvalue weighted by Crippen LogP contribution is -2.52. The number of rotatable bonds is 3. The first-order valence-electron chi connectivity index (χ1n) is 11.4. The molecule has 3 aromatic carbocycles. The number of anilines is 1. The van der Waals surface area contributed by atoms with Gasteiger partial charge in [-0.1, -0.05) is 66.7 Å². The second-order valence-corrected chi connectivity index (χ2v) is 9.06. The number of methoxy groups -OCH3 is 1. The van der Waals surface area contributed by atoms with Crippen LogP contribution in [0.4, 0.5) is 10.5 Å². The zero-order valence-electron chi connectivity index (χ0n) is 18.9. The minimum absolute atomic E-state index is 0.159. The van der Waals surface area contributed by atoms with Crippen LogP contribution in [-0.4, -0.2) is 35.4 Å². The maximum atomic E-state index is 13.0. The van der Waals surface area contributed by atoms with Gasteiger partial charge in [-0.2, -0.15) is 0 Å². The van der Waals surface area contributed by atoms with Crippen LogP contribution in [0.5, 0.6) is 0 Å². The summed E-state index contributed by atoms with van der Waals surface area (Å²) in [7, 11) is 3.58. The summed E-state index contributed by atoms with van der Waals surface area (Å²) >= 11 is 0. The highest BCUT2D eigenvalue weighted by Gasteiger charge is 2.60. The monoisotopic (exact) mass is 437 g/mol. The zero-order valence-corrected chi connectivity index (χ0v) is 18.9. The molecule has 3 heterocycles. The Balaban J connectivity index is 1.61. The number of ether oxygens (including phenoxy) is 1. The Morgan fingerprint density at radius 3 is 2.52 bits per heavy atom. The molecule has 5 heteroatoms. The molecule has 0 spiro atoms. The first kappa shape index (κ1) is 19.9. The van der Waals surface area contributed by atoms with E-state index in [1.807, 2.05) is 11.0 Å². The Hall–Kier alpha value is -3.73. The fraction of sp³-hybridized carbons (Fsp3) is 0.250. The van der Waals surface area contributed by atoms with Gasteiger partial charge in [0.2, 0.25) is 0 Å². The van der Waals surface area contributed by atoms with E-state index < -0.39 is 0 Å². The van der Waals surface area contributed by atoms with Gasteiger partial charge >= 0.3 is 6.09 Å². The highest BCUT2D eigenvalue weighted by atomic mass is 16.5. The SMILES string of the molecule is COC(=O)N1CC[C@@]2(c3cn(C)c4ccccc34)c3ccccc3N(Cc3ccccc3)[C@@H]12. The fourth-order valence-corrected chi connectivity index (χ4v) is 6.13. The van der Waals surface area contributed by atoms with Crippen molar-refractivity contribution in [3.8, 4) is 0 Å². The number of nitrogens with zero attached hydrogens (tertiary/aromatic N) is 3. The number of likely N-dealkylation sites (tertiary alicyclic amines) is 1. The summed E-state index contributed by atoms with van der Waals surface area (Å²) in [5, 5.41) is 1.24. The van der Waals surface area contributed by atoms with Gasteiger partial charge < -0.3 is 14.2 Å². The van der Waals surface area contributed by atoms with Crippen LogP contribution in [0.15, 0.2) is 85.1 Å². The molecule has 2 aliphatic heterocycles. The zero-order chi connectivity index (χ0) is 22.6. The maximum Gasteiger partial charge on any atom is 0.411 e. The summed E-state index contributed by atoms with van der Waals surface area (Å²) in [4.78, 5) is 17.3. The van der Waals surface area contributed by atoms with E-state index in [9.17, 15) is 4.79 Å². The van der Waals surface area contributed by atoms with Crippen molar-refractivity contribution in [2.75, 3.05) is 18.6 Å². The number of hydrogen-bond donors (Lipinski definition) is 0. The maximum absolute atomic E-state index is 13.0. The van der Waals surface area contributed by atoms with Crippen molar-refractivity contribution >= 4 is 22.7 Å². The lowest BCUT2D eigenvalue weighted by Gasteiger charge is -2.38. The number of hydrogen-bond acceptors (Lipinski definition) is 3. The second kappa shape index (κ2) is 7.41. The molecular formula is C28H27N3O2. The number of para-hydroxylation sites is 2. The van der Waals surface area contributed by atoms with Crippen molar-refractivity contribution in [1.29, 1.82) is 0 Å². The average Bonchev–Trinajstić information content (AvgIpc) is 3.49. The molecule has 1 saturated heterocycles. The summed E-state index contributed by atoms with van der Waals surface area (Å²) in [5.41, 5.74) is 5.84. The van der Waals surface area contributed by atoms with Crippen LogP contribution in [0.1, 0.15) is 23.1 Å².